The molecule has 0 atom stereocenters. The predicted molar refractivity (Wildman–Crippen MR) is 58.8 cm³/mol. The molecule has 0 unspecified atom stereocenters. The second-order valence-corrected chi connectivity index (χ2v) is 2.94. The Balaban J connectivity index is 2.19. The molecule has 1 aromatic rings. The van der Waals surface area contributed by atoms with Gasteiger partial charge in [0.1, 0.15) is 0 Å². The fourth-order valence-electron chi connectivity index (χ4n) is 1.08. The molecule has 0 saturated carbocycles. The highest BCUT2D eigenvalue weighted by Gasteiger charge is 1.92. The van der Waals surface area contributed by atoms with Crippen LogP contribution in [-0.4, -0.2) is 19.4 Å². The fourth-order valence-corrected chi connectivity index (χ4v) is 1.08. The van der Waals surface area contributed by atoms with Crippen molar-refractivity contribution >= 4 is 12.3 Å². The Kier molecular flexibility index (Phi) is 4.94. The molecule has 1 rings (SSSR count). The molecule has 1 aromatic carbocycles. The van der Waals surface area contributed by atoms with Crippen molar-refractivity contribution in [3.63, 3.8) is 0 Å². The van der Waals surface area contributed by atoms with E-state index in [4.69, 9.17) is 0 Å². The largest absolute Gasteiger partial charge is 0.452 e. The molecular weight excluding hydrogens is 192 g/mol. The lowest BCUT2D eigenvalue weighted by Gasteiger charge is -1.97. The quantitative estimate of drug-likeness (QED) is 0.604. The third kappa shape index (κ3) is 4.81. The average molecular weight is 206 g/mol. The molecule has 1 amide bonds. The molecule has 0 saturated heterocycles. The molecule has 1 N–H and O–H groups in total. The molecule has 0 aliphatic rings. The van der Waals surface area contributed by atoms with E-state index in [1.54, 1.807) is 6.21 Å². The molecule has 0 aliphatic heterocycles. The number of hydrogen-bond donors (Lipinski definition) is 1. The van der Waals surface area contributed by atoms with E-state index in [0.29, 0.717) is 0 Å². The van der Waals surface area contributed by atoms with E-state index in [9.17, 15) is 4.79 Å². The first-order valence-electron chi connectivity index (χ1n) is 4.72. The van der Waals surface area contributed by atoms with E-state index in [1.807, 2.05) is 18.2 Å². The summed E-state index contributed by atoms with van der Waals surface area (Å²) >= 11 is 0. The van der Waals surface area contributed by atoms with E-state index in [2.05, 4.69) is 27.4 Å². The summed E-state index contributed by atoms with van der Waals surface area (Å²) < 4.78 is 4.35. The maximum Gasteiger partial charge on any atom is 0.427 e. The lowest BCUT2D eigenvalue weighted by atomic mass is 10.1. The second-order valence-electron chi connectivity index (χ2n) is 2.94. The molecular formula is C11H14N2O2. The van der Waals surface area contributed by atoms with Crippen molar-refractivity contribution in [2.75, 3.05) is 7.11 Å². The molecule has 15 heavy (non-hydrogen) atoms. The van der Waals surface area contributed by atoms with E-state index in [0.717, 1.165) is 12.8 Å². The summed E-state index contributed by atoms with van der Waals surface area (Å²) in [5.41, 5.74) is 3.48. The highest BCUT2D eigenvalue weighted by atomic mass is 16.5. The monoisotopic (exact) mass is 206 g/mol. The van der Waals surface area contributed by atoms with Gasteiger partial charge >= 0.3 is 6.09 Å². The summed E-state index contributed by atoms with van der Waals surface area (Å²) in [6.45, 7) is 0. The van der Waals surface area contributed by atoms with E-state index < -0.39 is 6.09 Å². The van der Waals surface area contributed by atoms with Crippen LogP contribution in [0.25, 0.3) is 0 Å². The topological polar surface area (TPSA) is 50.7 Å². The molecule has 0 spiro atoms. The van der Waals surface area contributed by atoms with Gasteiger partial charge in [0.2, 0.25) is 0 Å². The molecule has 80 valence electrons. The minimum absolute atomic E-state index is 0.550. The highest BCUT2D eigenvalue weighted by Crippen LogP contribution is 2.00. The Bertz CT molecular complexity index is 323. The van der Waals surface area contributed by atoms with Crippen LogP contribution in [0.2, 0.25) is 0 Å². The molecule has 0 aliphatic carbocycles. The van der Waals surface area contributed by atoms with E-state index in [-0.39, 0.29) is 0 Å². The van der Waals surface area contributed by atoms with Crippen LogP contribution in [-0.2, 0) is 11.2 Å². The number of benzene rings is 1. The molecule has 0 bridgehead atoms. The first-order chi connectivity index (χ1) is 7.33. The number of carbonyl (C=O) groups excluding carboxylic acids is 1. The molecule has 0 heterocycles. The van der Waals surface area contributed by atoms with E-state index in [1.165, 1.54) is 12.7 Å². The summed E-state index contributed by atoms with van der Waals surface area (Å²) in [5.74, 6) is 0. The minimum atomic E-state index is -0.550. The number of rotatable bonds is 4. The summed E-state index contributed by atoms with van der Waals surface area (Å²) in [6.07, 6.45) is 2.80. The van der Waals surface area contributed by atoms with Crippen molar-refractivity contribution in [3.8, 4) is 0 Å². The average Bonchev–Trinajstić information content (AvgIpc) is 2.29. The van der Waals surface area contributed by atoms with Crippen molar-refractivity contribution in [2.24, 2.45) is 5.10 Å². The van der Waals surface area contributed by atoms with Crippen molar-refractivity contribution < 1.29 is 9.53 Å². The van der Waals surface area contributed by atoms with Gasteiger partial charge in [0.25, 0.3) is 0 Å². The van der Waals surface area contributed by atoms with Gasteiger partial charge in [-0.1, -0.05) is 30.3 Å². The van der Waals surface area contributed by atoms with Crippen LogP contribution < -0.4 is 5.43 Å². The number of methoxy groups -OCH3 is 1. The van der Waals surface area contributed by atoms with Crippen LogP contribution in [0.5, 0.6) is 0 Å². The highest BCUT2D eigenvalue weighted by molar-refractivity contribution is 5.68. The number of nitrogens with zero attached hydrogens (tertiary/aromatic N) is 1. The zero-order valence-electron chi connectivity index (χ0n) is 8.64. The molecule has 0 fully saturated rings. The van der Waals surface area contributed by atoms with Gasteiger partial charge in [-0.25, -0.2) is 10.2 Å². The second kappa shape index (κ2) is 6.59. The van der Waals surface area contributed by atoms with E-state index >= 15 is 0 Å². The molecule has 4 heteroatoms. The molecule has 0 radical (unpaired) electrons. The third-order valence-corrected chi connectivity index (χ3v) is 1.84. The Labute approximate surface area is 88.9 Å². The SMILES string of the molecule is COC(=O)N/N=C\CCc1ccccc1. The van der Waals surface area contributed by atoms with Gasteiger partial charge in [-0.2, -0.15) is 5.10 Å². The number of carbonyl (C=O) groups is 1. The number of ether oxygens (including phenoxy) is 1. The van der Waals surface area contributed by atoms with Crippen molar-refractivity contribution in [2.45, 2.75) is 12.8 Å². The number of nitrogens with one attached hydrogen (secondary N) is 1. The first-order valence-corrected chi connectivity index (χ1v) is 4.72. The summed E-state index contributed by atoms with van der Waals surface area (Å²) in [6, 6.07) is 10.1. The fraction of sp³-hybridized carbons (Fsp3) is 0.273. The lowest BCUT2D eigenvalue weighted by molar-refractivity contribution is 0.171. The predicted octanol–water partition coefficient (Wildman–Crippen LogP) is 1.96. The number of aryl methyl sites for hydroxylation is 1. The zero-order valence-corrected chi connectivity index (χ0v) is 8.64. The number of amides is 1. The van der Waals surface area contributed by atoms with Gasteiger partial charge in [-0.15, -0.1) is 0 Å². The van der Waals surface area contributed by atoms with Gasteiger partial charge in [-0.05, 0) is 18.4 Å². The van der Waals surface area contributed by atoms with Crippen LogP contribution in [0.1, 0.15) is 12.0 Å². The zero-order chi connectivity index (χ0) is 10.9. The Morgan fingerprint density at radius 2 is 2.20 bits per heavy atom. The Morgan fingerprint density at radius 1 is 1.47 bits per heavy atom. The van der Waals surface area contributed by atoms with Gasteiger partial charge in [0, 0.05) is 6.21 Å². The standard InChI is InChI=1S/C11H14N2O2/c1-15-11(14)13-12-9-5-8-10-6-3-2-4-7-10/h2-4,6-7,9H,5,8H2,1H3,(H,13,14)/b12-9-. The van der Waals surface area contributed by atoms with Gasteiger partial charge in [-0.3, -0.25) is 0 Å². The normalized spacial score (nSPS) is 10.2. The maximum absolute atomic E-state index is 10.6. The molecule has 4 nitrogen and oxygen atoms in total. The van der Waals surface area contributed by atoms with Crippen LogP contribution in [0, 0.1) is 0 Å². The van der Waals surface area contributed by atoms with Crippen LogP contribution in [0.15, 0.2) is 35.4 Å². The number of hydrazone groups is 1. The van der Waals surface area contributed by atoms with Gasteiger partial charge in [0.15, 0.2) is 0 Å². The minimum Gasteiger partial charge on any atom is -0.452 e. The maximum atomic E-state index is 10.6. The Morgan fingerprint density at radius 3 is 2.87 bits per heavy atom. The van der Waals surface area contributed by atoms with Crippen molar-refractivity contribution in [1.29, 1.82) is 0 Å². The van der Waals surface area contributed by atoms with Gasteiger partial charge < -0.3 is 4.74 Å². The third-order valence-electron chi connectivity index (χ3n) is 1.84. The summed E-state index contributed by atoms with van der Waals surface area (Å²) in [4.78, 5) is 10.6. The number of hydrogen-bond acceptors (Lipinski definition) is 3. The van der Waals surface area contributed by atoms with Crippen molar-refractivity contribution in [1.82, 2.24) is 5.43 Å². The van der Waals surface area contributed by atoms with Crippen molar-refractivity contribution in [3.05, 3.63) is 35.9 Å². The Hall–Kier alpha value is -1.84. The van der Waals surface area contributed by atoms with Gasteiger partial charge in [0.05, 0.1) is 7.11 Å². The van der Waals surface area contributed by atoms with Crippen LogP contribution in [0.3, 0.4) is 0 Å². The van der Waals surface area contributed by atoms with Crippen LogP contribution >= 0.6 is 0 Å². The lowest BCUT2D eigenvalue weighted by Crippen LogP contribution is -2.16. The summed E-state index contributed by atoms with van der Waals surface area (Å²) in [5, 5.41) is 3.71. The smallest absolute Gasteiger partial charge is 0.427 e. The summed E-state index contributed by atoms with van der Waals surface area (Å²) in [7, 11) is 1.30. The molecule has 0 aromatic heterocycles. The van der Waals surface area contributed by atoms with Crippen LogP contribution in [0.4, 0.5) is 4.79 Å². The first kappa shape index (κ1) is 11.2.